The molecule has 0 spiro atoms. The molecule has 18 nitrogen and oxygen atoms in total. The van der Waals surface area contributed by atoms with Gasteiger partial charge in [0.1, 0.15) is 26.4 Å². The fourth-order valence-electron chi connectivity index (χ4n) is 6.21. The van der Waals surface area contributed by atoms with Crippen molar-refractivity contribution in [1.82, 2.24) is 0 Å². The second-order valence-corrected chi connectivity index (χ2v) is 20.6. The van der Waals surface area contributed by atoms with Crippen LogP contribution in [-0.2, 0) is 105 Å². The van der Waals surface area contributed by atoms with Crippen molar-refractivity contribution < 1.29 is 112 Å². The van der Waals surface area contributed by atoms with Crippen LogP contribution in [0.1, 0.15) is 92.9 Å². The molecule has 2 aliphatic rings. The molecule has 0 N–H and O–H groups in total. The van der Waals surface area contributed by atoms with Crippen LogP contribution >= 0.6 is 0 Å². The van der Waals surface area contributed by atoms with Gasteiger partial charge in [0.05, 0.1) is 21.7 Å². The number of halogens is 6. The Morgan fingerprint density at radius 3 is 1.43 bits per heavy atom. The molecule has 0 aliphatic carbocycles. The summed E-state index contributed by atoms with van der Waals surface area (Å²) in [6.07, 6.45) is -19.7. The van der Waals surface area contributed by atoms with Gasteiger partial charge in [-0.25, -0.2) is 19.2 Å². The van der Waals surface area contributed by atoms with E-state index in [0.29, 0.717) is 16.7 Å². The zero-order valence-electron chi connectivity index (χ0n) is 42.2. The summed E-state index contributed by atoms with van der Waals surface area (Å²) in [4.78, 5) is 103. The van der Waals surface area contributed by atoms with Crippen molar-refractivity contribution in [1.29, 1.82) is 0 Å². The normalized spacial score (nSPS) is 17.4. The molecule has 24 heteroatoms. The van der Waals surface area contributed by atoms with Gasteiger partial charge in [-0.05, 0) is 99.3 Å². The Morgan fingerprint density at radius 1 is 0.500 bits per heavy atom. The van der Waals surface area contributed by atoms with Crippen molar-refractivity contribution in [3.63, 3.8) is 0 Å². The Bertz CT molecular complexity index is 2520. The topological polar surface area (TPSA) is 229 Å². The van der Waals surface area contributed by atoms with Crippen molar-refractivity contribution in [2.75, 3.05) is 13.2 Å². The molecule has 2 heterocycles. The molecular formula is C50H56F6O18. The van der Waals surface area contributed by atoms with Crippen molar-refractivity contribution in [3.8, 4) is 0 Å². The molecule has 0 amide bonds. The minimum absolute atomic E-state index is 0.136. The first-order chi connectivity index (χ1) is 33.9. The van der Waals surface area contributed by atoms with Gasteiger partial charge in [-0.15, -0.1) is 0 Å². The summed E-state index contributed by atoms with van der Waals surface area (Å²) in [6, 6.07) is 14.9. The van der Waals surface area contributed by atoms with E-state index in [-0.39, 0.29) is 31.2 Å². The molecule has 2 aliphatic heterocycles. The van der Waals surface area contributed by atoms with E-state index in [1.165, 1.54) is 34.6 Å². The molecule has 2 aromatic carbocycles. The van der Waals surface area contributed by atoms with Crippen molar-refractivity contribution in [3.05, 3.63) is 94.3 Å². The first-order valence-electron chi connectivity index (χ1n) is 22.5. The number of hydrogen-bond donors (Lipinski definition) is 0. The number of carbonyl (C=O) groups is 8. The predicted octanol–water partition coefficient (Wildman–Crippen LogP) is 7.52. The lowest BCUT2D eigenvalue weighted by Gasteiger charge is -2.30. The molecule has 0 aromatic heterocycles. The Hall–Kier alpha value is -7.14. The zero-order chi connectivity index (χ0) is 55.9. The van der Waals surface area contributed by atoms with E-state index in [0.717, 1.165) is 0 Å². The average molecular weight is 1060 g/mol. The van der Waals surface area contributed by atoms with E-state index in [2.05, 4.69) is 9.47 Å². The molecule has 4 unspecified atom stereocenters. The van der Waals surface area contributed by atoms with Crippen LogP contribution in [0.25, 0.3) is 0 Å². The number of hydrogen-bond acceptors (Lipinski definition) is 18. The van der Waals surface area contributed by atoms with Gasteiger partial charge in [0, 0.05) is 0 Å². The first-order valence-corrected chi connectivity index (χ1v) is 22.5. The third kappa shape index (κ3) is 16.2. The lowest BCUT2D eigenvalue weighted by Crippen LogP contribution is -2.43. The van der Waals surface area contributed by atoms with Crippen molar-refractivity contribution in [2.45, 2.75) is 133 Å². The van der Waals surface area contributed by atoms with Crippen LogP contribution in [0, 0.1) is 21.7 Å². The van der Waals surface area contributed by atoms with Crippen LogP contribution in [0.4, 0.5) is 26.3 Å². The molecular weight excluding hydrogens is 1000 g/mol. The zero-order valence-corrected chi connectivity index (χ0v) is 42.2. The Kier molecular flexibility index (Phi) is 18.4. The molecule has 0 saturated heterocycles. The van der Waals surface area contributed by atoms with Gasteiger partial charge in [-0.1, -0.05) is 54.6 Å². The quantitative estimate of drug-likeness (QED) is 0.0752. The summed E-state index contributed by atoms with van der Waals surface area (Å²) in [6.45, 7) is 14.1. The summed E-state index contributed by atoms with van der Waals surface area (Å²) in [5.74, 6) is -17.2. The van der Waals surface area contributed by atoms with E-state index >= 15 is 0 Å². The molecule has 0 saturated carbocycles. The number of cyclic esters (lactones) is 2. The number of esters is 8. The molecule has 2 aromatic rings. The van der Waals surface area contributed by atoms with Gasteiger partial charge in [0.25, 0.3) is 5.76 Å². The highest BCUT2D eigenvalue weighted by atomic mass is 19.4. The molecule has 4 atom stereocenters. The monoisotopic (exact) mass is 1060 g/mol. The van der Waals surface area contributed by atoms with Gasteiger partial charge in [0.15, 0.2) is 18.0 Å². The SMILES string of the molecule is CC(C)(C)C(=O)OCC(OC(=O)C(C)(C)C)C1OC(=O)C(OCc2ccccc2)=C1OCc1cccc(CC(C)(C)C(=O)OC(COC(=O)C(C)(C)C)C2OC(=O)C(OC(=O)C(F)(F)F)=C2OC(=O)C(F)(F)F)c1. The number of rotatable bonds is 19. The minimum Gasteiger partial charge on any atom is -0.485 e. The first kappa shape index (κ1) is 59.4. The molecule has 74 heavy (non-hydrogen) atoms. The second-order valence-electron chi connectivity index (χ2n) is 20.6. The summed E-state index contributed by atoms with van der Waals surface area (Å²) < 4.78 is 133. The molecule has 4 rings (SSSR count). The smallest absolute Gasteiger partial charge is 0.485 e. The van der Waals surface area contributed by atoms with Gasteiger partial charge >= 0.3 is 60.1 Å². The highest BCUT2D eigenvalue weighted by Crippen LogP contribution is 2.36. The Balaban J connectivity index is 1.67. The van der Waals surface area contributed by atoms with E-state index < -0.39 is 131 Å². The maximum Gasteiger partial charge on any atom is 0.491 e. The van der Waals surface area contributed by atoms with E-state index in [4.69, 9.17) is 37.9 Å². The van der Waals surface area contributed by atoms with Crippen LogP contribution in [0.15, 0.2) is 77.6 Å². The molecule has 0 fully saturated rings. The number of benzene rings is 2. The minimum atomic E-state index is -5.85. The second kappa shape index (κ2) is 23.0. The average Bonchev–Trinajstić information content (AvgIpc) is 3.76. The van der Waals surface area contributed by atoms with E-state index in [1.807, 2.05) is 0 Å². The third-order valence-corrected chi connectivity index (χ3v) is 10.3. The Morgan fingerprint density at radius 2 is 0.932 bits per heavy atom. The molecule has 406 valence electrons. The lowest BCUT2D eigenvalue weighted by atomic mass is 9.85. The van der Waals surface area contributed by atoms with Crippen LogP contribution in [0.3, 0.4) is 0 Å². The van der Waals surface area contributed by atoms with Crippen LogP contribution < -0.4 is 0 Å². The lowest BCUT2D eigenvalue weighted by molar-refractivity contribution is -0.200. The maximum atomic E-state index is 14.0. The van der Waals surface area contributed by atoms with Crippen LogP contribution in [-0.4, -0.2) is 97.7 Å². The maximum absolute atomic E-state index is 14.0. The largest absolute Gasteiger partial charge is 0.491 e. The fourth-order valence-corrected chi connectivity index (χ4v) is 6.21. The van der Waals surface area contributed by atoms with Gasteiger partial charge in [0.2, 0.25) is 23.7 Å². The van der Waals surface area contributed by atoms with Crippen LogP contribution in [0.5, 0.6) is 0 Å². The summed E-state index contributed by atoms with van der Waals surface area (Å²) in [5.41, 5.74) is -3.59. The summed E-state index contributed by atoms with van der Waals surface area (Å²) in [7, 11) is 0. The van der Waals surface area contributed by atoms with E-state index in [1.54, 1.807) is 96.1 Å². The predicted molar refractivity (Wildman–Crippen MR) is 238 cm³/mol. The number of ether oxygens (including phenoxy) is 10. The summed E-state index contributed by atoms with van der Waals surface area (Å²) in [5, 5.41) is 0. The third-order valence-electron chi connectivity index (χ3n) is 10.3. The van der Waals surface area contributed by atoms with Crippen LogP contribution in [0.2, 0.25) is 0 Å². The molecule has 0 radical (unpaired) electrons. The van der Waals surface area contributed by atoms with Gasteiger partial charge < -0.3 is 47.4 Å². The van der Waals surface area contributed by atoms with Gasteiger partial charge in [-0.3, -0.25) is 19.2 Å². The highest BCUT2D eigenvalue weighted by molar-refractivity contribution is 5.94. The summed E-state index contributed by atoms with van der Waals surface area (Å²) >= 11 is 0. The number of carbonyl (C=O) groups excluding carboxylic acids is 8. The molecule has 0 bridgehead atoms. The highest BCUT2D eigenvalue weighted by Gasteiger charge is 2.53. The standard InChI is InChI=1S/C50H56F6O18/c1-45(2,3)39(59)67-24-29(69-41(61)47(7,8)9)31-33(35(37(57)71-31)66-22-26-16-13-12-14-17-26)65-23-28-19-15-18-27(20-28)21-48(10,11)42(62)70-30(25-68-40(60)46(4,5)6)32-34(73-43(63)49(51,52)53)36(38(58)72-32)74-44(64)50(54,55)56/h12-20,29-32H,21-25H2,1-11H3. The Labute approximate surface area is 420 Å². The van der Waals surface area contributed by atoms with Crippen molar-refractivity contribution in [2.24, 2.45) is 21.7 Å². The van der Waals surface area contributed by atoms with Gasteiger partial charge in [-0.2, -0.15) is 26.3 Å². The number of alkyl halides is 6. The fraction of sp³-hybridized carbons (Fsp3) is 0.520. The van der Waals surface area contributed by atoms with E-state index in [9.17, 15) is 64.7 Å². The van der Waals surface area contributed by atoms with Crippen molar-refractivity contribution >= 4 is 47.8 Å².